The van der Waals surface area contributed by atoms with Crippen LogP contribution in [0.2, 0.25) is 0 Å². The van der Waals surface area contributed by atoms with Gasteiger partial charge in [-0.25, -0.2) is 0 Å². The van der Waals surface area contributed by atoms with Crippen LogP contribution in [0.3, 0.4) is 0 Å². The average molecular weight is 291 g/mol. The molecule has 1 aromatic carbocycles. The molecule has 2 rings (SSSR count). The lowest BCUT2D eigenvalue weighted by molar-refractivity contribution is -0.0854. The zero-order valence-electron chi connectivity index (χ0n) is 13.8. The van der Waals surface area contributed by atoms with Crippen molar-refractivity contribution in [3.05, 3.63) is 24.3 Å². The standard InChI is InChI=1S/C18H29NO2/c1-5-18(6-2)16(19-7-3)13-17(18)21-15-11-9-14(10-12-15)20-8-4/h9-12,16-17,19H,5-8,13H2,1-4H3. The van der Waals surface area contributed by atoms with E-state index in [-0.39, 0.29) is 5.41 Å². The van der Waals surface area contributed by atoms with Gasteiger partial charge in [0.25, 0.3) is 0 Å². The summed E-state index contributed by atoms with van der Waals surface area (Å²) < 4.78 is 11.7. The van der Waals surface area contributed by atoms with E-state index in [1.54, 1.807) is 0 Å². The average Bonchev–Trinajstić information content (AvgIpc) is 2.49. The Hall–Kier alpha value is -1.22. The first-order chi connectivity index (χ1) is 10.2. The van der Waals surface area contributed by atoms with Crippen molar-refractivity contribution in [2.45, 2.75) is 59.1 Å². The molecule has 0 radical (unpaired) electrons. The molecule has 0 spiro atoms. The first kappa shape index (κ1) is 16.2. The molecule has 1 N–H and O–H groups in total. The van der Waals surface area contributed by atoms with E-state index in [1.165, 1.54) is 0 Å². The van der Waals surface area contributed by atoms with Crippen molar-refractivity contribution in [3.63, 3.8) is 0 Å². The minimum absolute atomic E-state index is 0.272. The molecule has 1 aliphatic carbocycles. The lowest BCUT2D eigenvalue weighted by Crippen LogP contribution is -2.64. The smallest absolute Gasteiger partial charge is 0.120 e. The maximum Gasteiger partial charge on any atom is 0.120 e. The summed E-state index contributed by atoms with van der Waals surface area (Å²) in [7, 11) is 0. The fraction of sp³-hybridized carbons (Fsp3) is 0.667. The summed E-state index contributed by atoms with van der Waals surface area (Å²) in [5.41, 5.74) is 0.272. The maximum absolute atomic E-state index is 6.26. The Morgan fingerprint density at radius 1 is 1.05 bits per heavy atom. The Kier molecular flexibility index (Phi) is 5.51. The molecule has 1 aliphatic rings. The normalized spacial score (nSPS) is 23.4. The van der Waals surface area contributed by atoms with Crippen molar-refractivity contribution in [2.24, 2.45) is 5.41 Å². The molecule has 118 valence electrons. The zero-order valence-corrected chi connectivity index (χ0v) is 13.8. The summed E-state index contributed by atoms with van der Waals surface area (Å²) in [4.78, 5) is 0. The van der Waals surface area contributed by atoms with E-state index in [1.807, 2.05) is 31.2 Å². The molecule has 0 bridgehead atoms. The van der Waals surface area contributed by atoms with Crippen molar-refractivity contribution in [1.82, 2.24) is 5.32 Å². The van der Waals surface area contributed by atoms with Gasteiger partial charge in [-0.2, -0.15) is 0 Å². The van der Waals surface area contributed by atoms with Crippen LogP contribution in [0.4, 0.5) is 0 Å². The van der Waals surface area contributed by atoms with E-state index in [9.17, 15) is 0 Å². The molecule has 0 amide bonds. The first-order valence-corrected chi connectivity index (χ1v) is 8.33. The Bertz CT molecular complexity index is 425. The number of nitrogens with one attached hydrogen (secondary N) is 1. The van der Waals surface area contributed by atoms with Crippen LogP contribution in [-0.4, -0.2) is 25.3 Å². The topological polar surface area (TPSA) is 30.5 Å². The van der Waals surface area contributed by atoms with E-state index in [0.717, 1.165) is 37.3 Å². The van der Waals surface area contributed by atoms with Crippen LogP contribution < -0.4 is 14.8 Å². The molecular weight excluding hydrogens is 262 g/mol. The van der Waals surface area contributed by atoms with Gasteiger partial charge >= 0.3 is 0 Å². The van der Waals surface area contributed by atoms with Gasteiger partial charge in [0.1, 0.15) is 17.6 Å². The number of hydrogen-bond donors (Lipinski definition) is 1. The molecule has 2 unspecified atom stereocenters. The highest BCUT2D eigenvalue weighted by Gasteiger charge is 2.53. The number of hydrogen-bond acceptors (Lipinski definition) is 3. The van der Waals surface area contributed by atoms with Gasteiger partial charge in [-0.05, 0) is 50.6 Å². The highest BCUT2D eigenvalue weighted by atomic mass is 16.5. The Labute approximate surface area is 129 Å². The van der Waals surface area contributed by atoms with Crippen molar-refractivity contribution in [2.75, 3.05) is 13.2 Å². The summed E-state index contributed by atoms with van der Waals surface area (Å²) in [6.07, 6.45) is 3.73. The lowest BCUT2D eigenvalue weighted by Gasteiger charge is -2.55. The van der Waals surface area contributed by atoms with E-state index < -0.39 is 0 Å². The summed E-state index contributed by atoms with van der Waals surface area (Å²) in [5, 5.41) is 3.62. The molecule has 0 aliphatic heterocycles. The summed E-state index contributed by atoms with van der Waals surface area (Å²) in [6, 6.07) is 8.59. The minimum atomic E-state index is 0.272. The second-order valence-electron chi connectivity index (χ2n) is 5.80. The predicted octanol–water partition coefficient (Wildman–Crippen LogP) is 4.02. The Balaban J connectivity index is 2.02. The summed E-state index contributed by atoms with van der Waals surface area (Å²) in [5.74, 6) is 1.85. The van der Waals surface area contributed by atoms with E-state index in [0.29, 0.717) is 18.8 Å². The third-order valence-electron chi connectivity index (χ3n) is 4.97. The van der Waals surface area contributed by atoms with Crippen molar-refractivity contribution >= 4 is 0 Å². The SMILES string of the molecule is CCNC1CC(Oc2ccc(OCC)cc2)C1(CC)CC. The summed E-state index contributed by atoms with van der Waals surface area (Å²) >= 11 is 0. The quantitative estimate of drug-likeness (QED) is 0.784. The zero-order chi connectivity index (χ0) is 15.3. The van der Waals surface area contributed by atoms with E-state index in [2.05, 4.69) is 26.1 Å². The van der Waals surface area contributed by atoms with Gasteiger partial charge < -0.3 is 14.8 Å². The Morgan fingerprint density at radius 3 is 2.19 bits per heavy atom. The van der Waals surface area contributed by atoms with Crippen LogP contribution >= 0.6 is 0 Å². The molecule has 2 atom stereocenters. The van der Waals surface area contributed by atoms with Gasteiger partial charge in [0.15, 0.2) is 0 Å². The highest BCUT2D eigenvalue weighted by Crippen LogP contribution is 2.49. The van der Waals surface area contributed by atoms with Gasteiger partial charge in [-0.1, -0.05) is 20.8 Å². The van der Waals surface area contributed by atoms with Gasteiger partial charge in [-0.15, -0.1) is 0 Å². The lowest BCUT2D eigenvalue weighted by atomic mass is 9.58. The van der Waals surface area contributed by atoms with Crippen LogP contribution in [0, 0.1) is 5.41 Å². The van der Waals surface area contributed by atoms with Gasteiger partial charge in [0, 0.05) is 17.9 Å². The fourth-order valence-electron chi connectivity index (χ4n) is 3.59. The second-order valence-corrected chi connectivity index (χ2v) is 5.80. The third kappa shape index (κ3) is 3.18. The monoisotopic (exact) mass is 291 g/mol. The van der Waals surface area contributed by atoms with Crippen molar-refractivity contribution < 1.29 is 9.47 Å². The molecule has 1 fully saturated rings. The van der Waals surface area contributed by atoms with Crippen molar-refractivity contribution in [3.8, 4) is 11.5 Å². The van der Waals surface area contributed by atoms with Gasteiger partial charge in [0.05, 0.1) is 6.61 Å². The number of ether oxygens (including phenoxy) is 2. The van der Waals surface area contributed by atoms with E-state index >= 15 is 0 Å². The van der Waals surface area contributed by atoms with Crippen molar-refractivity contribution in [1.29, 1.82) is 0 Å². The predicted molar refractivity (Wildman–Crippen MR) is 87.1 cm³/mol. The first-order valence-electron chi connectivity index (χ1n) is 8.33. The van der Waals surface area contributed by atoms with Crippen LogP contribution in [0.1, 0.15) is 47.0 Å². The van der Waals surface area contributed by atoms with Crippen LogP contribution in [0.25, 0.3) is 0 Å². The molecule has 1 saturated carbocycles. The third-order valence-corrected chi connectivity index (χ3v) is 4.97. The molecule has 3 nitrogen and oxygen atoms in total. The number of rotatable bonds is 8. The van der Waals surface area contributed by atoms with E-state index in [4.69, 9.17) is 9.47 Å². The summed E-state index contributed by atoms with van der Waals surface area (Å²) in [6.45, 7) is 10.5. The number of benzene rings is 1. The molecule has 1 aromatic rings. The maximum atomic E-state index is 6.26. The minimum Gasteiger partial charge on any atom is -0.494 e. The second kappa shape index (κ2) is 7.17. The molecule has 3 heteroatoms. The molecule has 21 heavy (non-hydrogen) atoms. The van der Waals surface area contributed by atoms with Crippen LogP contribution in [-0.2, 0) is 0 Å². The van der Waals surface area contributed by atoms with Crippen LogP contribution in [0.5, 0.6) is 11.5 Å². The highest BCUT2D eigenvalue weighted by molar-refractivity contribution is 5.32. The molecule has 0 saturated heterocycles. The molecule has 0 aromatic heterocycles. The van der Waals surface area contributed by atoms with Gasteiger partial charge in [0.2, 0.25) is 0 Å². The molecular formula is C18H29NO2. The van der Waals surface area contributed by atoms with Crippen LogP contribution in [0.15, 0.2) is 24.3 Å². The molecule has 0 heterocycles. The van der Waals surface area contributed by atoms with Gasteiger partial charge in [-0.3, -0.25) is 0 Å². The fourth-order valence-corrected chi connectivity index (χ4v) is 3.59. The Morgan fingerprint density at radius 2 is 1.67 bits per heavy atom. The largest absolute Gasteiger partial charge is 0.494 e.